The van der Waals surface area contributed by atoms with Crippen LogP contribution in [-0.2, 0) is 0 Å². The molecule has 0 saturated carbocycles. The normalized spacial score (nSPS) is 20.0. The molecule has 0 aliphatic carbocycles. The first kappa shape index (κ1) is 11.3. The lowest BCUT2D eigenvalue weighted by molar-refractivity contribution is 0.672. The molecule has 1 heterocycles. The van der Waals surface area contributed by atoms with E-state index in [4.69, 9.17) is 29.1 Å². The van der Waals surface area contributed by atoms with Crippen LogP contribution in [0.3, 0.4) is 0 Å². The summed E-state index contributed by atoms with van der Waals surface area (Å²) in [5, 5.41) is -4.27. The fourth-order valence-corrected chi connectivity index (χ4v) is 5.87. The summed E-state index contributed by atoms with van der Waals surface area (Å²) in [4.78, 5) is 0. The highest BCUT2D eigenvalue weighted by molar-refractivity contribution is 6.22. The van der Waals surface area contributed by atoms with Gasteiger partial charge in [0.1, 0.15) is 11.2 Å². The molecule has 1 heteroatoms. The van der Waals surface area contributed by atoms with Gasteiger partial charge < -0.3 is 4.42 Å². The zero-order chi connectivity index (χ0) is 57.5. The summed E-state index contributed by atoms with van der Waals surface area (Å²) in [6, 6.07) is -26.1. The monoisotopic (exact) mass is 651 g/mol. The number of benzene rings is 9. The smallest absolute Gasteiger partial charge is 0.143 e. The summed E-state index contributed by atoms with van der Waals surface area (Å²) in [7, 11) is 0. The highest BCUT2D eigenvalue weighted by Gasteiger charge is 2.19. The van der Waals surface area contributed by atoms with E-state index in [9.17, 15) is 15.1 Å². The fraction of sp³-hybridized carbons (Fsp3) is 0. The van der Waals surface area contributed by atoms with Crippen molar-refractivity contribution in [3.05, 3.63) is 181 Å². The van der Waals surface area contributed by atoms with Gasteiger partial charge >= 0.3 is 0 Å². The van der Waals surface area contributed by atoms with Gasteiger partial charge in [-0.15, -0.1) is 0 Å². The Morgan fingerprint density at radius 2 is 0.898 bits per heavy atom. The van der Waals surface area contributed by atoms with E-state index in [0.29, 0.717) is 0 Å². The van der Waals surface area contributed by atoms with Crippen molar-refractivity contribution in [2.75, 3.05) is 0 Å². The Balaban J connectivity index is 1.41. The molecule has 49 heavy (non-hydrogen) atoms. The summed E-state index contributed by atoms with van der Waals surface area (Å²) in [5.74, 6) is 0. The van der Waals surface area contributed by atoms with Crippen LogP contribution in [-0.4, -0.2) is 0 Å². The van der Waals surface area contributed by atoms with Crippen LogP contribution < -0.4 is 0 Å². The molecule has 228 valence electrons. The number of rotatable bonds is 4. The molecule has 0 amide bonds. The van der Waals surface area contributed by atoms with Gasteiger partial charge in [-0.3, -0.25) is 0 Å². The van der Waals surface area contributed by atoms with E-state index < -0.39 is 247 Å². The molecule has 0 bridgehead atoms. The minimum Gasteiger partial charge on any atom is -0.455 e. The number of hydrogen-bond acceptors (Lipinski definition) is 1. The Bertz CT molecular complexity index is 4400. The fourth-order valence-electron chi connectivity index (χ4n) is 5.87. The molecule has 0 aliphatic rings. The van der Waals surface area contributed by atoms with Crippen LogP contribution in [0, 0.1) is 0 Å². The van der Waals surface area contributed by atoms with Gasteiger partial charge in [0.15, 0.2) is 0 Å². The van der Waals surface area contributed by atoms with E-state index in [1.54, 1.807) is 0 Å². The van der Waals surface area contributed by atoms with Crippen molar-refractivity contribution >= 4 is 54.3 Å². The summed E-state index contributed by atoms with van der Waals surface area (Å²) < 4.78 is 267. The van der Waals surface area contributed by atoms with Gasteiger partial charge in [-0.2, -0.15) is 0 Å². The molecule has 10 aromatic rings. The SMILES string of the molecule is [2H]c1c([2H])c([2H])c(-c2c([2H])c([2H])c([2H])c([2H])c2-c2c3c([2H])c([2H])c([2H])c([2H])c3c(-c3c([2H])c([2H])c(-c4c([2H])c([2H])c5oc6c(cc([2H])c7c([2H])c([2H])c([2H])c([2H])c76)c5c4[2H])c([2H])c3[2H])c3c([2H])c([2H])c([2H])c([2H])c23)c([2H])c1[2H]. The van der Waals surface area contributed by atoms with Crippen LogP contribution >= 0.6 is 0 Å². The maximum atomic E-state index is 9.64. The lowest BCUT2D eigenvalue weighted by Crippen LogP contribution is -1.92. The Hall–Kier alpha value is -6.44. The number of furan rings is 1. The molecule has 0 radical (unpaired) electrons. The summed E-state index contributed by atoms with van der Waals surface area (Å²) in [5.41, 5.74) is -7.37. The van der Waals surface area contributed by atoms with E-state index >= 15 is 0 Å². The van der Waals surface area contributed by atoms with E-state index in [1.807, 2.05) is 0 Å². The van der Waals surface area contributed by atoms with Crippen molar-refractivity contribution in [1.29, 1.82) is 0 Å². The summed E-state index contributed by atoms with van der Waals surface area (Å²) >= 11 is 0. The predicted molar refractivity (Wildman–Crippen MR) is 208 cm³/mol. The molecule has 0 N–H and O–H groups in total. The first-order valence-corrected chi connectivity index (χ1v) is 14.5. The summed E-state index contributed by atoms with van der Waals surface area (Å²) in [6.07, 6.45) is 0. The van der Waals surface area contributed by atoms with Crippen molar-refractivity contribution in [3.63, 3.8) is 0 Å². The first-order chi connectivity index (χ1) is 36.4. The lowest BCUT2D eigenvalue weighted by Gasteiger charge is -2.19. The van der Waals surface area contributed by atoms with Gasteiger partial charge in [0.25, 0.3) is 0 Å². The van der Waals surface area contributed by atoms with Gasteiger partial charge in [-0.25, -0.2) is 0 Å². The Kier molecular flexibility index (Phi) is 2.56. The minimum absolute atomic E-state index is 0.154. The van der Waals surface area contributed by atoms with Crippen LogP contribution in [0.25, 0.3) is 98.8 Å². The van der Waals surface area contributed by atoms with Gasteiger partial charge in [0.2, 0.25) is 0 Å². The molecule has 0 atom stereocenters. The Labute approximate surface area is 325 Å². The average Bonchev–Trinajstić information content (AvgIpc) is 3.97. The Morgan fingerprint density at radius 3 is 1.61 bits per heavy atom. The van der Waals surface area contributed by atoms with E-state index in [0.717, 1.165) is 6.07 Å². The van der Waals surface area contributed by atoms with Gasteiger partial charge in [-0.05, 0) is 89.6 Å². The van der Waals surface area contributed by atoms with Crippen LogP contribution in [0.2, 0.25) is 0 Å². The van der Waals surface area contributed by atoms with Crippen molar-refractivity contribution in [3.8, 4) is 44.5 Å². The topological polar surface area (TPSA) is 13.1 Å². The van der Waals surface area contributed by atoms with Crippen molar-refractivity contribution < 1.29 is 44.2 Å². The second-order valence-corrected chi connectivity index (χ2v) is 10.6. The number of fused-ring (bicyclic) bond motifs is 7. The van der Waals surface area contributed by atoms with Crippen LogP contribution in [0.15, 0.2) is 186 Å². The molecule has 0 unspecified atom stereocenters. The van der Waals surface area contributed by atoms with Gasteiger partial charge in [0.05, 0.1) is 39.8 Å². The lowest BCUT2D eigenvalue weighted by atomic mass is 9.83. The molecule has 0 fully saturated rings. The molecule has 9 aromatic carbocycles. The maximum absolute atomic E-state index is 9.64. The standard InChI is InChI=1S/C48H30O/c1-2-12-32(13-3-1)36-15-6-7-17-38(36)47-41-20-10-8-18-39(41)46(40-19-9-11-21-42(40)47)34-24-22-31(23-25-34)35-27-29-45-44(30-35)43-28-26-33-14-4-5-16-37(33)48(43)49-45/h1-30H/i1D,2D,3D,4D,5D,6D,7D,8D,9D,10D,11D,12D,13D,14D,15D,16D,17D,18D,19D,20D,21D,22D,23D,24D,25D,26D,27D,29D,30D. The van der Waals surface area contributed by atoms with Crippen LogP contribution in [0.5, 0.6) is 0 Å². The average molecular weight is 652 g/mol. The highest BCUT2D eigenvalue weighted by Crippen LogP contribution is 2.46. The quantitative estimate of drug-likeness (QED) is 0.173. The van der Waals surface area contributed by atoms with Gasteiger partial charge in [0, 0.05) is 16.2 Å². The molecule has 0 saturated heterocycles. The van der Waals surface area contributed by atoms with Crippen molar-refractivity contribution in [1.82, 2.24) is 0 Å². The van der Waals surface area contributed by atoms with Crippen molar-refractivity contribution in [2.45, 2.75) is 0 Å². The van der Waals surface area contributed by atoms with E-state index in [2.05, 4.69) is 0 Å². The molecule has 0 spiro atoms. The number of hydrogen-bond donors (Lipinski definition) is 0. The minimum atomic E-state index is -1.11. The van der Waals surface area contributed by atoms with Gasteiger partial charge in [-0.1, -0.05) is 163 Å². The third-order valence-electron chi connectivity index (χ3n) is 7.96. The largest absolute Gasteiger partial charge is 0.455 e. The second-order valence-electron chi connectivity index (χ2n) is 10.6. The molecule has 1 aromatic heterocycles. The van der Waals surface area contributed by atoms with E-state index in [1.165, 1.54) is 0 Å². The molecule has 0 aliphatic heterocycles. The highest BCUT2D eigenvalue weighted by atomic mass is 16.3. The zero-order valence-corrected chi connectivity index (χ0v) is 24.5. The van der Waals surface area contributed by atoms with Crippen LogP contribution in [0.4, 0.5) is 0 Å². The van der Waals surface area contributed by atoms with E-state index in [-0.39, 0.29) is 27.1 Å². The molecular formula is C48H30O. The zero-order valence-electron chi connectivity index (χ0n) is 53.5. The Morgan fingerprint density at radius 1 is 0.347 bits per heavy atom. The second kappa shape index (κ2) is 11.1. The summed E-state index contributed by atoms with van der Waals surface area (Å²) in [6.45, 7) is 0. The maximum Gasteiger partial charge on any atom is 0.143 e. The predicted octanol–water partition coefficient (Wildman–Crippen LogP) is 13.7. The molecule has 10 rings (SSSR count). The van der Waals surface area contributed by atoms with Crippen LogP contribution in [0.1, 0.15) is 39.8 Å². The molecular weight excluding hydrogens is 593 g/mol. The molecule has 1 nitrogen and oxygen atoms in total. The third-order valence-corrected chi connectivity index (χ3v) is 7.96. The van der Waals surface area contributed by atoms with Crippen molar-refractivity contribution in [2.24, 2.45) is 0 Å². The third kappa shape index (κ3) is 4.40. The first-order valence-electron chi connectivity index (χ1n) is 29.0.